The normalized spacial score (nSPS) is 1.33. The summed E-state index contributed by atoms with van der Waals surface area (Å²) in [6.07, 6.45) is 0. The van der Waals surface area contributed by atoms with Crippen molar-refractivity contribution >= 4 is 0 Å². The fourth-order valence-corrected chi connectivity index (χ4v) is 0. The molecule has 0 aliphatic rings. The van der Waals surface area contributed by atoms with Crippen molar-refractivity contribution in [3.63, 3.8) is 0 Å². The van der Waals surface area contributed by atoms with E-state index in [0.717, 1.165) is 0 Å². The van der Waals surface area contributed by atoms with Gasteiger partial charge in [-0.3, -0.25) is 0 Å². The molecule has 0 radical (unpaired) electrons. The van der Waals surface area contributed by atoms with Gasteiger partial charge in [0, 0.05) is 17.1 Å². The summed E-state index contributed by atoms with van der Waals surface area (Å²) >= 11 is -2.00. The monoisotopic (exact) mass is 172 g/mol. The van der Waals surface area contributed by atoms with Crippen molar-refractivity contribution in [3.8, 4) is 0 Å². The van der Waals surface area contributed by atoms with Gasteiger partial charge in [0.2, 0.25) is 0 Å². The maximum atomic E-state index is 8.50. The molecule has 0 aromatic carbocycles. The zero-order chi connectivity index (χ0) is 2.71. The summed E-state index contributed by atoms with van der Waals surface area (Å²) < 4.78 is 17.0. The van der Waals surface area contributed by atoms with Crippen molar-refractivity contribution in [1.82, 2.24) is 0 Å². The Balaban J connectivity index is -0.00000000667. The second-order valence-corrected chi connectivity index (χ2v) is 0.344. The van der Waals surface area contributed by atoms with Gasteiger partial charge in [0.25, 0.3) is 0 Å². The molecule has 0 rings (SSSR count). The van der Waals surface area contributed by atoms with Gasteiger partial charge in [0.1, 0.15) is 0 Å². The number of hydrogen-bond donors (Lipinski definition) is 0. The summed E-state index contributed by atoms with van der Waals surface area (Å²) in [4.78, 5) is 0. The molecule has 0 heterocycles. The Morgan fingerprint density at radius 3 is 1.00 bits per heavy atom. The van der Waals surface area contributed by atoms with Gasteiger partial charge in [0.05, 0.1) is 0 Å². The first-order valence-corrected chi connectivity index (χ1v) is 1.68. The SMILES string of the molecule is O.O.[Fe].[O]=[Ti]=[O]. The average Bonchev–Trinajstić information content (AvgIpc) is 0.918. The van der Waals surface area contributed by atoms with E-state index in [4.69, 9.17) is 6.65 Å². The number of rotatable bonds is 0. The third-order valence-corrected chi connectivity index (χ3v) is 0. The van der Waals surface area contributed by atoms with Crippen LogP contribution in [0.4, 0.5) is 0 Å². The van der Waals surface area contributed by atoms with Gasteiger partial charge in [-0.1, -0.05) is 0 Å². The van der Waals surface area contributed by atoms with Crippen LogP contribution in [0.1, 0.15) is 0 Å². The van der Waals surface area contributed by atoms with Gasteiger partial charge in [0.15, 0.2) is 0 Å². The van der Waals surface area contributed by atoms with Crippen molar-refractivity contribution in [2.45, 2.75) is 0 Å². The van der Waals surface area contributed by atoms with Crippen LogP contribution in [0.15, 0.2) is 0 Å². The molecule has 40 valence electrons. The molecule has 0 unspecified atom stereocenters. The van der Waals surface area contributed by atoms with Gasteiger partial charge in [-0.05, 0) is 0 Å². The predicted molar refractivity (Wildman–Crippen MR) is 8.60 cm³/mol. The summed E-state index contributed by atoms with van der Waals surface area (Å²) in [5, 5.41) is 0. The summed E-state index contributed by atoms with van der Waals surface area (Å²) in [6, 6.07) is 0. The van der Waals surface area contributed by atoms with E-state index in [1.54, 1.807) is 0 Å². The van der Waals surface area contributed by atoms with Crippen molar-refractivity contribution in [2.24, 2.45) is 0 Å². The molecule has 0 spiro atoms. The molecule has 4 nitrogen and oxygen atoms in total. The van der Waals surface area contributed by atoms with E-state index < -0.39 is 19.1 Å². The molecule has 0 atom stereocenters. The molecule has 0 saturated carbocycles. The summed E-state index contributed by atoms with van der Waals surface area (Å²) in [6.45, 7) is 0. The molecule has 0 saturated heterocycles. The van der Waals surface area contributed by atoms with Crippen LogP contribution in [0, 0.1) is 0 Å². The summed E-state index contributed by atoms with van der Waals surface area (Å²) in [5.41, 5.74) is 0. The Kier molecular flexibility index (Phi) is 208. The van der Waals surface area contributed by atoms with Crippen LogP contribution in [0.3, 0.4) is 0 Å². The summed E-state index contributed by atoms with van der Waals surface area (Å²) in [5.74, 6) is 0. The van der Waals surface area contributed by atoms with E-state index in [2.05, 4.69) is 0 Å². The zero-order valence-electron chi connectivity index (χ0n) is 2.67. The Morgan fingerprint density at radius 2 is 1.00 bits per heavy atom. The van der Waals surface area contributed by atoms with E-state index in [9.17, 15) is 0 Å². The van der Waals surface area contributed by atoms with Crippen molar-refractivity contribution in [2.75, 3.05) is 0 Å². The molecule has 0 aromatic heterocycles. The molecule has 0 bridgehead atoms. The second kappa shape index (κ2) is 42.3. The molecule has 0 aromatic rings. The van der Waals surface area contributed by atoms with Crippen LogP contribution in [-0.2, 0) is 42.8 Å². The molecule has 0 aliphatic heterocycles. The van der Waals surface area contributed by atoms with E-state index in [1.165, 1.54) is 0 Å². The van der Waals surface area contributed by atoms with Crippen LogP contribution < -0.4 is 0 Å². The van der Waals surface area contributed by atoms with Crippen molar-refractivity contribution in [3.05, 3.63) is 0 Å². The molecule has 6 heteroatoms. The fraction of sp³-hybridized carbons (Fsp3) is 0. The van der Waals surface area contributed by atoms with Crippen molar-refractivity contribution in [1.29, 1.82) is 0 Å². The Labute approximate surface area is 54.0 Å². The molecule has 0 amide bonds. The Bertz CT molecular complexity index is 28.5. The molecule has 6 heavy (non-hydrogen) atoms. The zero-order valence-corrected chi connectivity index (χ0v) is 5.34. The van der Waals surface area contributed by atoms with Gasteiger partial charge in [-0.25, -0.2) is 0 Å². The average molecular weight is 172 g/mol. The van der Waals surface area contributed by atoms with Crippen molar-refractivity contribution < 1.29 is 53.8 Å². The fourth-order valence-electron chi connectivity index (χ4n) is 0. The molecule has 0 aliphatic carbocycles. The first kappa shape index (κ1) is 29.5. The third-order valence-electron chi connectivity index (χ3n) is 0. The Morgan fingerprint density at radius 1 is 1.00 bits per heavy atom. The van der Waals surface area contributed by atoms with Crippen LogP contribution >= 0.6 is 0 Å². The molecule has 4 N–H and O–H groups in total. The molecule has 0 fully saturated rings. The van der Waals surface area contributed by atoms with E-state index in [0.29, 0.717) is 0 Å². The van der Waals surface area contributed by atoms with Gasteiger partial charge < -0.3 is 11.0 Å². The van der Waals surface area contributed by atoms with Crippen LogP contribution in [-0.4, -0.2) is 11.0 Å². The minimum absolute atomic E-state index is 0. The summed E-state index contributed by atoms with van der Waals surface area (Å²) in [7, 11) is 0. The van der Waals surface area contributed by atoms with Crippen LogP contribution in [0.5, 0.6) is 0 Å². The number of hydrogen-bond acceptors (Lipinski definition) is 2. The third kappa shape index (κ3) is 118. The first-order valence-electron chi connectivity index (χ1n) is 0.408. The van der Waals surface area contributed by atoms with Crippen LogP contribution in [0.25, 0.3) is 0 Å². The van der Waals surface area contributed by atoms with E-state index in [1.807, 2.05) is 0 Å². The Hall–Kier alpha value is 0.754. The minimum atomic E-state index is -2.00. The molecular formula is H4FeO4Ti. The first-order chi connectivity index (χ1) is 1.41. The van der Waals surface area contributed by atoms with E-state index in [-0.39, 0.29) is 28.0 Å². The topological polar surface area (TPSA) is 97.1 Å². The molecular weight excluding hydrogens is 168 g/mol. The second-order valence-electron chi connectivity index (χ2n) is 0.0833. The quantitative estimate of drug-likeness (QED) is 0.399. The predicted octanol–water partition coefficient (Wildman–Crippen LogP) is -1.89. The maximum absolute atomic E-state index is 8.50. The van der Waals surface area contributed by atoms with Crippen LogP contribution in [0.2, 0.25) is 0 Å². The van der Waals surface area contributed by atoms with Gasteiger partial charge in [-0.2, -0.15) is 0 Å². The van der Waals surface area contributed by atoms with Gasteiger partial charge >= 0.3 is 25.7 Å². The standard InChI is InChI=1S/Fe.2H2O.2O.Ti/h;2*1H2;;;. The van der Waals surface area contributed by atoms with E-state index >= 15 is 0 Å². The van der Waals surface area contributed by atoms with Gasteiger partial charge in [-0.15, -0.1) is 0 Å².